The molecule has 2 nitrogen and oxygen atoms in total. The molecule has 0 amide bonds. The molecule has 0 aliphatic heterocycles. The third kappa shape index (κ3) is 3.18. The summed E-state index contributed by atoms with van der Waals surface area (Å²) in [7, 11) is 0. The van der Waals surface area contributed by atoms with Gasteiger partial charge in [0.05, 0.1) is 0 Å². The summed E-state index contributed by atoms with van der Waals surface area (Å²) in [6, 6.07) is 6.45. The molecule has 1 N–H and O–H groups in total. The van der Waals surface area contributed by atoms with Crippen molar-refractivity contribution in [3.05, 3.63) is 51.0 Å². The highest BCUT2D eigenvalue weighted by molar-refractivity contribution is 7.11. The van der Waals surface area contributed by atoms with Gasteiger partial charge in [0.1, 0.15) is 5.01 Å². The monoisotopic (exact) mass is 260 g/mol. The molecular weight excluding hydrogens is 240 g/mol. The van der Waals surface area contributed by atoms with E-state index >= 15 is 0 Å². The molecule has 0 saturated carbocycles. The number of aromatic nitrogens is 1. The number of hydrogen-bond acceptors (Lipinski definition) is 3. The van der Waals surface area contributed by atoms with E-state index in [1.165, 1.54) is 26.6 Å². The van der Waals surface area contributed by atoms with Gasteiger partial charge in [-0.1, -0.05) is 25.1 Å². The van der Waals surface area contributed by atoms with Crippen LogP contribution in [0.2, 0.25) is 0 Å². The zero-order valence-corrected chi connectivity index (χ0v) is 12.1. The summed E-state index contributed by atoms with van der Waals surface area (Å²) in [5, 5.41) is 4.66. The minimum absolute atomic E-state index is 0.860. The average molecular weight is 260 g/mol. The molecule has 0 bridgehead atoms. The van der Waals surface area contributed by atoms with Crippen LogP contribution in [0, 0.1) is 13.8 Å². The van der Waals surface area contributed by atoms with Crippen molar-refractivity contribution in [3.63, 3.8) is 0 Å². The van der Waals surface area contributed by atoms with Gasteiger partial charge >= 0.3 is 0 Å². The molecule has 1 aromatic heterocycles. The number of thiazole rings is 1. The van der Waals surface area contributed by atoms with Crippen LogP contribution in [0.4, 0.5) is 0 Å². The molecule has 0 radical (unpaired) electrons. The molecule has 18 heavy (non-hydrogen) atoms. The van der Waals surface area contributed by atoms with Crippen LogP contribution in [0.15, 0.2) is 24.4 Å². The fraction of sp³-hybridized carbons (Fsp3) is 0.400. The molecule has 96 valence electrons. The van der Waals surface area contributed by atoms with Crippen molar-refractivity contribution >= 4 is 11.3 Å². The normalized spacial score (nSPS) is 10.8. The Bertz CT molecular complexity index is 497. The molecule has 0 aliphatic rings. The van der Waals surface area contributed by atoms with Crippen LogP contribution in [0.25, 0.3) is 0 Å². The van der Waals surface area contributed by atoms with E-state index in [0.29, 0.717) is 0 Å². The van der Waals surface area contributed by atoms with Crippen LogP contribution in [-0.4, -0.2) is 4.98 Å². The molecule has 1 aromatic carbocycles. The largest absolute Gasteiger partial charge is 0.306 e. The highest BCUT2D eigenvalue weighted by Crippen LogP contribution is 2.15. The van der Waals surface area contributed by atoms with Crippen molar-refractivity contribution in [1.29, 1.82) is 0 Å². The molecule has 0 spiro atoms. The maximum atomic E-state index is 4.42. The van der Waals surface area contributed by atoms with E-state index in [0.717, 1.165) is 19.5 Å². The second kappa shape index (κ2) is 6.12. The second-order valence-electron chi connectivity index (χ2n) is 4.55. The molecule has 0 saturated heterocycles. The maximum absolute atomic E-state index is 4.42. The highest BCUT2D eigenvalue weighted by Gasteiger charge is 2.03. The Morgan fingerprint density at radius 3 is 2.50 bits per heavy atom. The Labute approximate surface area is 113 Å². The highest BCUT2D eigenvalue weighted by atomic mass is 32.1. The average Bonchev–Trinajstić information content (AvgIpc) is 2.81. The van der Waals surface area contributed by atoms with Crippen molar-refractivity contribution in [2.45, 2.75) is 40.3 Å². The summed E-state index contributed by atoms with van der Waals surface area (Å²) in [5.74, 6) is 0. The lowest BCUT2D eigenvalue weighted by atomic mass is 10.0. The summed E-state index contributed by atoms with van der Waals surface area (Å²) in [4.78, 5) is 5.78. The van der Waals surface area contributed by atoms with Crippen LogP contribution < -0.4 is 5.32 Å². The SMILES string of the molecule is CCc1cnc(CNCc2c(C)cccc2C)s1. The summed E-state index contributed by atoms with van der Waals surface area (Å²) in [6.45, 7) is 8.28. The van der Waals surface area contributed by atoms with Gasteiger partial charge in [0, 0.05) is 24.2 Å². The van der Waals surface area contributed by atoms with Gasteiger partial charge in [-0.2, -0.15) is 0 Å². The standard InChI is InChI=1S/C15H20N2S/c1-4-13-8-17-15(18-13)10-16-9-14-11(2)6-5-7-12(14)3/h5-8,16H,4,9-10H2,1-3H3. The third-order valence-corrected chi connectivity index (χ3v) is 4.31. The Balaban J connectivity index is 1.92. The number of hydrogen-bond donors (Lipinski definition) is 1. The van der Waals surface area contributed by atoms with Gasteiger partial charge in [-0.05, 0) is 37.0 Å². The van der Waals surface area contributed by atoms with Gasteiger partial charge < -0.3 is 5.32 Å². The fourth-order valence-electron chi connectivity index (χ4n) is 2.02. The minimum Gasteiger partial charge on any atom is -0.306 e. The van der Waals surface area contributed by atoms with Crippen molar-refractivity contribution in [1.82, 2.24) is 10.3 Å². The van der Waals surface area contributed by atoms with E-state index in [1.54, 1.807) is 11.3 Å². The van der Waals surface area contributed by atoms with Crippen molar-refractivity contribution < 1.29 is 0 Å². The molecular formula is C15H20N2S. The van der Waals surface area contributed by atoms with Crippen molar-refractivity contribution in [2.75, 3.05) is 0 Å². The maximum Gasteiger partial charge on any atom is 0.107 e. The van der Waals surface area contributed by atoms with E-state index in [1.807, 2.05) is 6.20 Å². The smallest absolute Gasteiger partial charge is 0.107 e. The summed E-state index contributed by atoms with van der Waals surface area (Å²) in [5.41, 5.74) is 4.12. The molecule has 3 heteroatoms. The van der Waals surface area contributed by atoms with Gasteiger partial charge in [0.2, 0.25) is 0 Å². The first-order valence-electron chi connectivity index (χ1n) is 6.40. The van der Waals surface area contributed by atoms with Gasteiger partial charge in [0.15, 0.2) is 0 Å². The third-order valence-electron chi connectivity index (χ3n) is 3.17. The lowest BCUT2D eigenvalue weighted by molar-refractivity contribution is 0.684. The van der Waals surface area contributed by atoms with Crippen LogP contribution in [0.3, 0.4) is 0 Å². The molecule has 2 rings (SSSR count). The summed E-state index contributed by atoms with van der Waals surface area (Å²) < 4.78 is 0. The Kier molecular flexibility index (Phi) is 4.50. The van der Waals surface area contributed by atoms with Gasteiger partial charge in [-0.15, -0.1) is 11.3 Å². The van der Waals surface area contributed by atoms with Crippen LogP contribution in [0.5, 0.6) is 0 Å². The molecule has 0 atom stereocenters. The fourth-order valence-corrected chi connectivity index (χ4v) is 2.85. The number of nitrogens with zero attached hydrogens (tertiary/aromatic N) is 1. The Hall–Kier alpha value is -1.19. The number of nitrogens with one attached hydrogen (secondary N) is 1. The first kappa shape index (κ1) is 13.2. The second-order valence-corrected chi connectivity index (χ2v) is 5.75. The quantitative estimate of drug-likeness (QED) is 0.888. The number of benzene rings is 1. The first-order chi connectivity index (χ1) is 8.70. The van der Waals surface area contributed by atoms with Crippen molar-refractivity contribution in [2.24, 2.45) is 0 Å². The van der Waals surface area contributed by atoms with E-state index in [-0.39, 0.29) is 0 Å². The van der Waals surface area contributed by atoms with E-state index in [9.17, 15) is 0 Å². The summed E-state index contributed by atoms with van der Waals surface area (Å²) >= 11 is 1.80. The lowest BCUT2D eigenvalue weighted by Gasteiger charge is -2.09. The topological polar surface area (TPSA) is 24.9 Å². The van der Waals surface area contributed by atoms with Crippen LogP contribution >= 0.6 is 11.3 Å². The van der Waals surface area contributed by atoms with E-state index in [2.05, 4.69) is 49.3 Å². The van der Waals surface area contributed by atoms with Gasteiger partial charge in [-0.3, -0.25) is 0 Å². The Morgan fingerprint density at radius 1 is 1.17 bits per heavy atom. The van der Waals surface area contributed by atoms with E-state index < -0.39 is 0 Å². The van der Waals surface area contributed by atoms with E-state index in [4.69, 9.17) is 0 Å². The molecule has 1 heterocycles. The molecule has 0 unspecified atom stereocenters. The van der Waals surface area contributed by atoms with Crippen LogP contribution in [-0.2, 0) is 19.5 Å². The predicted octanol–water partition coefficient (Wildman–Crippen LogP) is 3.61. The van der Waals surface area contributed by atoms with Gasteiger partial charge in [0.25, 0.3) is 0 Å². The number of aryl methyl sites for hydroxylation is 3. The van der Waals surface area contributed by atoms with Gasteiger partial charge in [-0.25, -0.2) is 4.98 Å². The number of rotatable bonds is 5. The van der Waals surface area contributed by atoms with Crippen LogP contribution in [0.1, 0.15) is 33.5 Å². The molecule has 0 fully saturated rings. The Morgan fingerprint density at radius 2 is 1.89 bits per heavy atom. The lowest BCUT2D eigenvalue weighted by Crippen LogP contribution is -2.14. The molecule has 0 aliphatic carbocycles. The molecule has 2 aromatic rings. The van der Waals surface area contributed by atoms with Crippen molar-refractivity contribution in [3.8, 4) is 0 Å². The zero-order valence-electron chi connectivity index (χ0n) is 11.3. The minimum atomic E-state index is 0.860. The predicted molar refractivity (Wildman–Crippen MR) is 78.0 cm³/mol. The summed E-state index contributed by atoms with van der Waals surface area (Å²) in [6.07, 6.45) is 3.06. The zero-order chi connectivity index (χ0) is 13.0. The first-order valence-corrected chi connectivity index (χ1v) is 7.21.